The van der Waals surface area contributed by atoms with Crippen LogP contribution in [0.3, 0.4) is 0 Å². The minimum Gasteiger partial charge on any atom is -0.380 e. The number of fused-ring (bicyclic) bond motifs is 1. The van der Waals surface area contributed by atoms with Gasteiger partial charge in [0.05, 0.1) is 23.7 Å². The number of imidazole rings is 1. The van der Waals surface area contributed by atoms with Gasteiger partial charge in [-0.1, -0.05) is 12.1 Å². The molecule has 4 nitrogen and oxygen atoms in total. The standard InChI is InChI=1S/C12H17N3O/c1-8-5-4-6-10-11(8)15(12(13)14-10)7-9(2)16-3/h4-6,9H,7H2,1-3H3,(H2,13,14). The van der Waals surface area contributed by atoms with Crippen LogP contribution in [0.4, 0.5) is 5.95 Å². The normalized spacial score (nSPS) is 13.2. The molecule has 16 heavy (non-hydrogen) atoms. The number of hydrogen-bond acceptors (Lipinski definition) is 3. The van der Waals surface area contributed by atoms with Crippen LogP contribution in [0.1, 0.15) is 12.5 Å². The summed E-state index contributed by atoms with van der Waals surface area (Å²) >= 11 is 0. The Morgan fingerprint density at radius 1 is 1.50 bits per heavy atom. The van der Waals surface area contributed by atoms with E-state index in [-0.39, 0.29) is 6.10 Å². The summed E-state index contributed by atoms with van der Waals surface area (Å²) in [5.74, 6) is 0.549. The number of hydrogen-bond donors (Lipinski definition) is 1. The second-order valence-electron chi connectivity index (χ2n) is 4.07. The van der Waals surface area contributed by atoms with E-state index in [4.69, 9.17) is 10.5 Å². The van der Waals surface area contributed by atoms with Gasteiger partial charge in [-0.2, -0.15) is 0 Å². The van der Waals surface area contributed by atoms with Crippen molar-refractivity contribution >= 4 is 17.0 Å². The third-order valence-electron chi connectivity index (χ3n) is 2.84. The van der Waals surface area contributed by atoms with Crippen molar-refractivity contribution in [3.05, 3.63) is 23.8 Å². The number of rotatable bonds is 3. The summed E-state index contributed by atoms with van der Waals surface area (Å²) in [4.78, 5) is 4.35. The zero-order chi connectivity index (χ0) is 11.7. The van der Waals surface area contributed by atoms with E-state index in [1.54, 1.807) is 7.11 Å². The molecule has 0 bridgehead atoms. The summed E-state index contributed by atoms with van der Waals surface area (Å²) in [6.45, 7) is 4.81. The van der Waals surface area contributed by atoms with Gasteiger partial charge in [-0.25, -0.2) is 4.98 Å². The number of benzene rings is 1. The molecule has 1 unspecified atom stereocenters. The number of nitrogen functional groups attached to an aromatic ring is 1. The molecule has 0 saturated carbocycles. The van der Waals surface area contributed by atoms with Gasteiger partial charge in [0.2, 0.25) is 5.95 Å². The van der Waals surface area contributed by atoms with Crippen LogP contribution in [-0.2, 0) is 11.3 Å². The van der Waals surface area contributed by atoms with Gasteiger partial charge < -0.3 is 15.0 Å². The fraction of sp³-hybridized carbons (Fsp3) is 0.417. The third kappa shape index (κ3) is 1.76. The van der Waals surface area contributed by atoms with Gasteiger partial charge in [0.15, 0.2) is 0 Å². The minimum absolute atomic E-state index is 0.124. The molecule has 1 aromatic carbocycles. The van der Waals surface area contributed by atoms with Crippen molar-refractivity contribution in [1.29, 1.82) is 0 Å². The van der Waals surface area contributed by atoms with Crippen LogP contribution in [0.15, 0.2) is 18.2 Å². The van der Waals surface area contributed by atoms with Crippen molar-refractivity contribution in [2.24, 2.45) is 0 Å². The quantitative estimate of drug-likeness (QED) is 0.858. The average Bonchev–Trinajstić information content (AvgIpc) is 2.56. The van der Waals surface area contributed by atoms with Crippen molar-refractivity contribution < 1.29 is 4.74 Å². The number of para-hydroxylation sites is 1. The van der Waals surface area contributed by atoms with Gasteiger partial charge in [0.1, 0.15) is 0 Å². The van der Waals surface area contributed by atoms with E-state index in [9.17, 15) is 0 Å². The van der Waals surface area contributed by atoms with Crippen LogP contribution in [0.25, 0.3) is 11.0 Å². The van der Waals surface area contributed by atoms with Crippen LogP contribution in [0, 0.1) is 6.92 Å². The topological polar surface area (TPSA) is 53.1 Å². The van der Waals surface area contributed by atoms with E-state index in [1.807, 2.05) is 23.6 Å². The fourth-order valence-corrected chi connectivity index (χ4v) is 1.90. The second-order valence-corrected chi connectivity index (χ2v) is 4.07. The summed E-state index contributed by atoms with van der Waals surface area (Å²) in [6, 6.07) is 6.04. The van der Waals surface area contributed by atoms with Gasteiger partial charge in [-0.05, 0) is 25.5 Å². The first kappa shape index (κ1) is 11.0. The highest BCUT2D eigenvalue weighted by molar-refractivity contribution is 5.81. The number of anilines is 1. The highest BCUT2D eigenvalue weighted by Gasteiger charge is 2.12. The van der Waals surface area contributed by atoms with Crippen molar-refractivity contribution in [2.75, 3.05) is 12.8 Å². The van der Waals surface area contributed by atoms with Gasteiger partial charge in [-0.15, -0.1) is 0 Å². The molecule has 0 saturated heterocycles. The molecule has 0 aliphatic heterocycles. The highest BCUT2D eigenvalue weighted by Crippen LogP contribution is 2.21. The molecule has 4 heteroatoms. The lowest BCUT2D eigenvalue weighted by atomic mass is 10.2. The Morgan fingerprint density at radius 2 is 2.25 bits per heavy atom. The maximum absolute atomic E-state index is 5.92. The molecule has 0 aliphatic rings. The molecule has 1 aromatic heterocycles. The lowest BCUT2D eigenvalue weighted by Gasteiger charge is -2.13. The van der Waals surface area contributed by atoms with Crippen LogP contribution in [0.5, 0.6) is 0 Å². The molecule has 0 aliphatic carbocycles. The first-order chi connectivity index (χ1) is 7.63. The lowest BCUT2D eigenvalue weighted by molar-refractivity contribution is 0.105. The maximum Gasteiger partial charge on any atom is 0.201 e. The van der Waals surface area contributed by atoms with Crippen molar-refractivity contribution in [1.82, 2.24) is 9.55 Å². The molecular formula is C12H17N3O. The molecule has 2 aromatic rings. The molecule has 1 atom stereocenters. The SMILES string of the molecule is COC(C)Cn1c(N)nc2cccc(C)c21. The van der Waals surface area contributed by atoms with Crippen LogP contribution < -0.4 is 5.73 Å². The monoisotopic (exact) mass is 219 g/mol. The van der Waals surface area contributed by atoms with Crippen LogP contribution in [-0.4, -0.2) is 22.8 Å². The van der Waals surface area contributed by atoms with Crippen molar-refractivity contribution in [3.63, 3.8) is 0 Å². The van der Waals surface area contributed by atoms with Crippen LogP contribution in [0.2, 0.25) is 0 Å². The fourth-order valence-electron chi connectivity index (χ4n) is 1.90. The summed E-state index contributed by atoms with van der Waals surface area (Å²) in [6.07, 6.45) is 0.124. The number of aryl methyl sites for hydroxylation is 1. The van der Waals surface area contributed by atoms with Crippen molar-refractivity contribution in [3.8, 4) is 0 Å². The molecule has 2 N–H and O–H groups in total. The molecule has 86 valence electrons. The zero-order valence-electron chi connectivity index (χ0n) is 9.90. The molecule has 0 radical (unpaired) electrons. The summed E-state index contributed by atoms with van der Waals surface area (Å²) in [7, 11) is 1.70. The number of nitrogens with two attached hydrogens (primary N) is 1. The number of methoxy groups -OCH3 is 1. The summed E-state index contributed by atoms with van der Waals surface area (Å²) in [5, 5.41) is 0. The van der Waals surface area contributed by atoms with Gasteiger partial charge in [0, 0.05) is 7.11 Å². The van der Waals surface area contributed by atoms with E-state index in [2.05, 4.69) is 18.0 Å². The first-order valence-electron chi connectivity index (χ1n) is 5.37. The maximum atomic E-state index is 5.92. The Kier molecular flexibility index (Phi) is 2.83. The average molecular weight is 219 g/mol. The predicted octanol–water partition coefficient (Wildman–Crippen LogP) is 1.96. The molecule has 0 fully saturated rings. The van der Waals surface area contributed by atoms with E-state index >= 15 is 0 Å². The number of nitrogens with zero attached hydrogens (tertiary/aromatic N) is 2. The number of aromatic nitrogens is 2. The third-order valence-corrected chi connectivity index (χ3v) is 2.84. The molecule has 0 spiro atoms. The Morgan fingerprint density at radius 3 is 2.94 bits per heavy atom. The Labute approximate surface area is 95.0 Å². The highest BCUT2D eigenvalue weighted by atomic mass is 16.5. The van der Waals surface area contributed by atoms with E-state index < -0.39 is 0 Å². The minimum atomic E-state index is 0.124. The summed E-state index contributed by atoms with van der Waals surface area (Å²) in [5.41, 5.74) is 9.15. The van der Waals surface area contributed by atoms with Crippen molar-refractivity contribution in [2.45, 2.75) is 26.5 Å². The van der Waals surface area contributed by atoms with Gasteiger partial charge in [0.25, 0.3) is 0 Å². The lowest BCUT2D eigenvalue weighted by Crippen LogP contribution is -2.16. The largest absolute Gasteiger partial charge is 0.380 e. The Balaban J connectivity index is 2.54. The smallest absolute Gasteiger partial charge is 0.201 e. The molecular weight excluding hydrogens is 202 g/mol. The Hall–Kier alpha value is -1.55. The summed E-state index contributed by atoms with van der Waals surface area (Å²) < 4.78 is 7.28. The van der Waals surface area contributed by atoms with Gasteiger partial charge >= 0.3 is 0 Å². The molecule has 1 heterocycles. The van der Waals surface area contributed by atoms with E-state index in [0.29, 0.717) is 5.95 Å². The zero-order valence-corrected chi connectivity index (χ0v) is 9.90. The van der Waals surface area contributed by atoms with Crippen LogP contribution >= 0.6 is 0 Å². The molecule has 2 rings (SSSR count). The second kappa shape index (κ2) is 4.14. The number of ether oxygens (including phenoxy) is 1. The Bertz CT molecular complexity index is 504. The van der Waals surface area contributed by atoms with E-state index in [0.717, 1.165) is 17.6 Å². The van der Waals surface area contributed by atoms with Gasteiger partial charge in [-0.3, -0.25) is 0 Å². The first-order valence-corrected chi connectivity index (χ1v) is 5.37. The van der Waals surface area contributed by atoms with E-state index in [1.165, 1.54) is 5.56 Å². The molecule has 0 amide bonds. The predicted molar refractivity (Wildman–Crippen MR) is 65.4 cm³/mol.